The van der Waals surface area contributed by atoms with E-state index >= 15 is 0 Å². The molecule has 2 aromatic rings. The van der Waals surface area contributed by atoms with Crippen LogP contribution in [0.2, 0.25) is 0 Å². The Hall–Kier alpha value is -1.90. The summed E-state index contributed by atoms with van der Waals surface area (Å²) in [6, 6.07) is 4.79. The molecule has 0 saturated carbocycles. The van der Waals surface area contributed by atoms with E-state index in [0.717, 1.165) is 12.4 Å². The summed E-state index contributed by atoms with van der Waals surface area (Å²) < 4.78 is 39.0. The molecule has 9 heteroatoms. The fraction of sp³-hybridized carbons (Fsp3) is 0.529. The van der Waals surface area contributed by atoms with Gasteiger partial charge < -0.3 is 9.44 Å². The van der Waals surface area contributed by atoms with Gasteiger partial charge in [-0.05, 0) is 37.8 Å². The molecule has 0 saturated heterocycles. The Labute approximate surface area is 151 Å². The average Bonchev–Trinajstić information content (AvgIpc) is 2.88. The van der Waals surface area contributed by atoms with Crippen LogP contribution in [0, 0.1) is 26.7 Å². The Morgan fingerprint density at radius 3 is 2.23 bits per heavy atom. The van der Waals surface area contributed by atoms with Gasteiger partial charge in [0, 0.05) is 5.10 Å². The van der Waals surface area contributed by atoms with Gasteiger partial charge in [0.2, 0.25) is 6.33 Å². The van der Waals surface area contributed by atoms with Crippen LogP contribution in [0.1, 0.15) is 42.4 Å². The molecule has 1 atom stereocenters. The van der Waals surface area contributed by atoms with Gasteiger partial charge in [0.15, 0.2) is 0 Å². The summed E-state index contributed by atoms with van der Waals surface area (Å²) >= 11 is 0. The van der Waals surface area contributed by atoms with Crippen LogP contribution >= 0.6 is 0 Å². The lowest BCUT2D eigenvalue weighted by Gasteiger charge is -2.22. The molecule has 1 aromatic heterocycles. The summed E-state index contributed by atoms with van der Waals surface area (Å²) in [5.41, 5.74) is 5.00. The van der Waals surface area contributed by atoms with Crippen LogP contribution in [0.25, 0.3) is 5.69 Å². The van der Waals surface area contributed by atoms with E-state index in [2.05, 4.69) is 57.6 Å². The lowest BCUT2D eigenvalue weighted by Crippen LogP contribution is -3.00. The van der Waals surface area contributed by atoms with Crippen LogP contribution in [-0.2, 0) is 11.3 Å². The van der Waals surface area contributed by atoms with Crippen LogP contribution in [-0.4, -0.2) is 23.9 Å². The predicted molar refractivity (Wildman–Crippen MR) is 90.6 cm³/mol. The third-order valence-electron chi connectivity index (χ3n) is 4.27. The van der Waals surface area contributed by atoms with E-state index in [1.165, 1.54) is 22.4 Å². The van der Waals surface area contributed by atoms with Crippen molar-refractivity contribution < 1.29 is 27.0 Å². The number of aryl methyl sites for hydroxylation is 3. The lowest BCUT2D eigenvalue weighted by molar-refractivity contribution is -0.749. The Bertz CT molecular complexity index is 711. The number of hydrogen-bond acceptors (Lipinski definition) is 2. The third-order valence-corrected chi connectivity index (χ3v) is 4.27. The zero-order chi connectivity index (χ0) is 18.7. The van der Waals surface area contributed by atoms with Gasteiger partial charge in [-0.3, -0.25) is 12.9 Å². The molecule has 2 heterocycles. The van der Waals surface area contributed by atoms with E-state index in [9.17, 15) is 12.9 Å². The molecule has 0 unspecified atom stereocenters. The monoisotopic (exact) mass is 373 g/mol. The van der Waals surface area contributed by atoms with Crippen molar-refractivity contribution in [3.8, 4) is 5.69 Å². The first-order valence-corrected chi connectivity index (χ1v) is 8.28. The van der Waals surface area contributed by atoms with Gasteiger partial charge in [-0.25, -0.2) is 4.57 Å². The number of rotatable bonds is 2. The number of nitrogens with zero attached hydrogens (tertiary/aromatic N) is 3. The highest BCUT2D eigenvalue weighted by molar-refractivity contribution is 6.33. The molecule has 0 aliphatic carbocycles. The number of hydrogen-bond donors (Lipinski definition) is 0. The van der Waals surface area contributed by atoms with Gasteiger partial charge >= 0.3 is 13.4 Å². The Kier molecular flexibility index (Phi) is 7.80. The van der Waals surface area contributed by atoms with E-state index < -0.39 is 7.54 Å². The van der Waals surface area contributed by atoms with Crippen LogP contribution in [0.3, 0.4) is 0 Å². The normalized spacial score (nSPS) is 15.7. The molecule has 3 rings (SSSR count). The third kappa shape index (κ3) is 5.06. The van der Waals surface area contributed by atoms with Crippen LogP contribution in [0.5, 0.6) is 0 Å². The van der Waals surface area contributed by atoms with Gasteiger partial charge in [-0.1, -0.05) is 36.2 Å². The number of fused-ring (bicyclic) bond motifs is 1. The molecule has 1 aliphatic rings. The second-order valence-electron chi connectivity index (χ2n) is 6.70. The first-order chi connectivity index (χ1) is 11.7. The van der Waals surface area contributed by atoms with Crippen molar-refractivity contribution in [2.24, 2.45) is 5.92 Å². The molecule has 1 aliphatic heterocycles. The summed E-state index contributed by atoms with van der Waals surface area (Å²) in [5.74, 6) is 1.55. The molecule has 4 nitrogen and oxygen atoms in total. The van der Waals surface area contributed by atoms with Crippen LogP contribution in [0.15, 0.2) is 18.5 Å². The standard InChI is InChI=1S/C17H24N3O.BF3.FH/c1-11(2)15-8-21-9-16-18-20(10-19(15)16)17-13(4)6-12(3)7-14(17)5;2-1(3)4;/h6-7,10-11,15H,8-9H2,1-5H3;;1H/q+1;;/p-1/t15-;;/m1../s1. The average molecular weight is 373 g/mol. The van der Waals surface area contributed by atoms with Crippen molar-refractivity contribution in [1.82, 2.24) is 9.78 Å². The fourth-order valence-electron chi connectivity index (χ4n) is 3.27. The summed E-state index contributed by atoms with van der Waals surface area (Å²) in [6.07, 6.45) is 2.13. The van der Waals surface area contributed by atoms with E-state index in [1.54, 1.807) is 0 Å². The molecule has 0 fully saturated rings. The first kappa shape index (κ1) is 22.1. The second kappa shape index (κ2) is 9.16. The molecule has 0 N–H and O–H groups in total. The number of ether oxygens (including phenoxy) is 1. The summed E-state index contributed by atoms with van der Waals surface area (Å²) in [6.45, 7) is 12.3. The smallest absolute Gasteiger partial charge is 0.762 e. The number of aromatic nitrogens is 3. The highest BCUT2D eigenvalue weighted by Crippen LogP contribution is 2.22. The lowest BCUT2D eigenvalue weighted by atomic mass is 10.0. The van der Waals surface area contributed by atoms with Crippen molar-refractivity contribution in [1.29, 1.82) is 0 Å². The molecular weight excluding hydrogens is 349 g/mol. The maximum Gasteiger partial charge on any atom is 0.762 e. The molecule has 0 spiro atoms. The molecular formula is C17H24BF4N3O. The highest BCUT2D eigenvalue weighted by Gasteiger charge is 2.32. The number of halogens is 4. The molecule has 26 heavy (non-hydrogen) atoms. The Morgan fingerprint density at radius 1 is 1.19 bits per heavy atom. The van der Waals surface area contributed by atoms with Crippen LogP contribution < -0.4 is 9.27 Å². The summed E-state index contributed by atoms with van der Waals surface area (Å²) in [4.78, 5) is 0. The molecule has 0 amide bonds. The molecule has 1 aromatic carbocycles. The van der Waals surface area contributed by atoms with Gasteiger partial charge in [0.05, 0.1) is 6.61 Å². The first-order valence-electron chi connectivity index (χ1n) is 8.28. The summed E-state index contributed by atoms with van der Waals surface area (Å²) in [5, 5.41) is 4.76. The predicted octanol–water partition coefficient (Wildman–Crippen LogP) is 0.696. The minimum absolute atomic E-state index is 0. The van der Waals surface area contributed by atoms with Crippen molar-refractivity contribution in [2.45, 2.75) is 47.3 Å². The molecule has 0 radical (unpaired) electrons. The van der Waals surface area contributed by atoms with E-state index in [0.29, 0.717) is 18.6 Å². The topological polar surface area (TPSA) is 30.9 Å². The van der Waals surface area contributed by atoms with E-state index in [4.69, 9.17) is 9.84 Å². The van der Waals surface area contributed by atoms with Crippen molar-refractivity contribution >= 4 is 7.54 Å². The van der Waals surface area contributed by atoms with Gasteiger partial charge in [-0.2, -0.15) is 0 Å². The van der Waals surface area contributed by atoms with Crippen LogP contribution in [0.4, 0.5) is 12.9 Å². The summed E-state index contributed by atoms with van der Waals surface area (Å²) in [7, 11) is -3.67. The zero-order valence-electron chi connectivity index (χ0n) is 15.6. The maximum absolute atomic E-state index is 9.67. The Balaban J connectivity index is 0.000000616. The zero-order valence-corrected chi connectivity index (χ0v) is 15.6. The minimum atomic E-state index is -3.67. The number of benzene rings is 1. The van der Waals surface area contributed by atoms with E-state index in [1.807, 2.05) is 4.68 Å². The molecule has 0 bridgehead atoms. The van der Waals surface area contributed by atoms with Gasteiger partial charge in [-0.15, -0.1) is 0 Å². The van der Waals surface area contributed by atoms with Crippen molar-refractivity contribution in [2.75, 3.05) is 6.61 Å². The SMILES string of the molecule is Cc1cc(C)c(-n2c[n+]3c(n2)COC[C@@H]3C(C)C)c(C)c1.FB(F)F.[F-]. The highest BCUT2D eigenvalue weighted by atomic mass is 19.4. The minimum Gasteiger partial charge on any atom is -1.00 e. The second-order valence-corrected chi connectivity index (χ2v) is 6.70. The van der Waals surface area contributed by atoms with Gasteiger partial charge in [0.1, 0.15) is 18.3 Å². The Morgan fingerprint density at radius 2 is 1.73 bits per heavy atom. The van der Waals surface area contributed by atoms with Gasteiger partial charge in [0.25, 0.3) is 0 Å². The quantitative estimate of drug-likeness (QED) is 0.441. The largest absolute Gasteiger partial charge is 1.00 e. The van der Waals surface area contributed by atoms with Crippen molar-refractivity contribution in [3.63, 3.8) is 0 Å². The maximum atomic E-state index is 9.67. The fourth-order valence-corrected chi connectivity index (χ4v) is 3.27. The van der Waals surface area contributed by atoms with E-state index in [-0.39, 0.29) is 4.70 Å². The van der Waals surface area contributed by atoms with Crippen molar-refractivity contribution in [3.05, 3.63) is 41.0 Å². The molecule has 144 valence electrons.